The van der Waals surface area contributed by atoms with Crippen molar-refractivity contribution in [1.29, 1.82) is 0 Å². The summed E-state index contributed by atoms with van der Waals surface area (Å²) in [7, 11) is -3.70. The Hall–Kier alpha value is -2.47. The van der Waals surface area contributed by atoms with Gasteiger partial charge in [0.15, 0.2) is 0 Å². The molecular formula is C20H22FN5O3S2. The van der Waals surface area contributed by atoms with E-state index in [4.69, 9.17) is 0 Å². The lowest BCUT2D eigenvalue weighted by Gasteiger charge is -2.36. The van der Waals surface area contributed by atoms with Crippen LogP contribution in [0.5, 0.6) is 0 Å². The lowest BCUT2D eigenvalue weighted by molar-refractivity contribution is -0.126. The molecule has 1 fully saturated rings. The third kappa shape index (κ3) is 4.59. The maximum atomic E-state index is 13.1. The van der Waals surface area contributed by atoms with Gasteiger partial charge in [0.2, 0.25) is 15.9 Å². The van der Waals surface area contributed by atoms with Crippen molar-refractivity contribution in [3.63, 3.8) is 0 Å². The lowest BCUT2D eigenvalue weighted by atomic mass is 10.2. The molecule has 0 spiro atoms. The second-order valence-corrected chi connectivity index (χ2v) is 9.78. The first-order valence-electron chi connectivity index (χ1n) is 9.84. The summed E-state index contributed by atoms with van der Waals surface area (Å²) in [6.07, 6.45) is 0. The highest BCUT2D eigenvalue weighted by Gasteiger charge is 2.33. The molecule has 1 unspecified atom stereocenters. The highest BCUT2D eigenvalue weighted by molar-refractivity contribution is 7.89. The van der Waals surface area contributed by atoms with E-state index >= 15 is 0 Å². The number of benzene rings is 2. The summed E-state index contributed by atoms with van der Waals surface area (Å²) < 4.78 is 48.9. The van der Waals surface area contributed by atoms with Crippen LogP contribution in [0.2, 0.25) is 0 Å². The van der Waals surface area contributed by atoms with Gasteiger partial charge in [-0.25, -0.2) is 12.8 Å². The SMILES string of the molecule is CC(C(=O)NCc1ccc(F)cc1)N1CCN(S(=O)(=O)c2cccc3nsnc23)CC1. The number of piperazine rings is 1. The molecule has 0 bridgehead atoms. The molecule has 1 amide bonds. The van der Waals surface area contributed by atoms with E-state index in [0.29, 0.717) is 30.7 Å². The fraction of sp³-hybridized carbons (Fsp3) is 0.350. The highest BCUT2D eigenvalue weighted by atomic mass is 32.2. The Balaban J connectivity index is 1.36. The molecule has 2 aromatic carbocycles. The molecule has 8 nitrogen and oxygen atoms in total. The zero-order chi connectivity index (χ0) is 22.0. The minimum absolute atomic E-state index is 0.154. The van der Waals surface area contributed by atoms with E-state index in [1.54, 1.807) is 37.3 Å². The fourth-order valence-electron chi connectivity index (χ4n) is 3.56. The Bertz CT molecular complexity index is 1180. The molecule has 1 atom stereocenters. The molecule has 1 aliphatic rings. The summed E-state index contributed by atoms with van der Waals surface area (Å²) in [5.41, 5.74) is 1.77. The molecule has 2 heterocycles. The highest BCUT2D eigenvalue weighted by Crippen LogP contribution is 2.25. The second-order valence-electron chi connectivity index (χ2n) is 7.35. The van der Waals surface area contributed by atoms with Crippen LogP contribution in [-0.4, -0.2) is 64.5 Å². The maximum Gasteiger partial charge on any atom is 0.245 e. The molecule has 11 heteroatoms. The van der Waals surface area contributed by atoms with Crippen LogP contribution in [0.25, 0.3) is 11.0 Å². The Morgan fingerprint density at radius 2 is 1.84 bits per heavy atom. The van der Waals surface area contributed by atoms with Gasteiger partial charge < -0.3 is 5.32 Å². The Kier molecular flexibility index (Phi) is 6.28. The van der Waals surface area contributed by atoms with Crippen molar-refractivity contribution in [2.45, 2.75) is 24.4 Å². The van der Waals surface area contributed by atoms with Crippen LogP contribution in [0.15, 0.2) is 47.4 Å². The molecule has 4 rings (SSSR count). The van der Waals surface area contributed by atoms with E-state index < -0.39 is 16.1 Å². The summed E-state index contributed by atoms with van der Waals surface area (Å²) >= 11 is 0.987. The Morgan fingerprint density at radius 1 is 1.13 bits per heavy atom. The molecule has 1 aromatic heterocycles. The van der Waals surface area contributed by atoms with Crippen LogP contribution in [0.4, 0.5) is 4.39 Å². The fourth-order valence-corrected chi connectivity index (χ4v) is 5.74. The van der Waals surface area contributed by atoms with Gasteiger partial charge in [-0.2, -0.15) is 13.1 Å². The standard InChI is InChI=1S/C20H22FN5O3S2/c1-14(20(27)22-13-15-5-7-16(21)8-6-15)25-9-11-26(12-10-25)31(28,29)18-4-2-3-17-19(18)24-30-23-17/h2-8,14H,9-13H2,1H3,(H,22,27). The predicted molar refractivity (Wildman–Crippen MR) is 115 cm³/mol. The van der Waals surface area contributed by atoms with Crippen molar-refractivity contribution in [2.24, 2.45) is 0 Å². The van der Waals surface area contributed by atoms with Crippen molar-refractivity contribution in [3.8, 4) is 0 Å². The number of nitrogens with zero attached hydrogens (tertiary/aromatic N) is 4. The molecule has 0 saturated carbocycles. The molecule has 31 heavy (non-hydrogen) atoms. The van der Waals surface area contributed by atoms with Crippen molar-refractivity contribution in [3.05, 3.63) is 53.8 Å². The zero-order valence-corrected chi connectivity index (χ0v) is 18.5. The third-order valence-electron chi connectivity index (χ3n) is 5.45. The van der Waals surface area contributed by atoms with Crippen LogP contribution >= 0.6 is 11.7 Å². The first-order valence-corrected chi connectivity index (χ1v) is 12.0. The molecule has 1 saturated heterocycles. The average Bonchev–Trinajstić information content (AvgIpc) is 3.27. The number of nitrogens with one attached hydrogen (secondary N) is 1. The number of hydrogen-bond donors (Lipinski definition) is 1. The zero-order valence-electron chi connectivity index (χ0n) is 16.9. The van der Waals surface area contributed by atoms with E-state index in [0.717, 1.165) is 17.3 Å². The molecule has 0 aliphatic carbocycles. The van der Waals surface area contributed by atoms with Gasteiger partial charge in [-0.1, -0.05) is 18.2 Å². The van der Waals surface area contributed by atoms with Gasteiger partial charge in [0.25, 0.3) is 0 Å². The molecule has 1 N–H and O–H groups in total. The van der Waals surface area contributed by atoms with E-state index in [-0.39, 0.29) is 29.7 Å². The lowest BCUT2D eigenvalue weighted by Crippen LogP contribution is -2.54. The minimum atomic E-state index is -3.70. The molecule has 164 valence electrons. The first kappa shape index (κ1) is 21.8. The largest absolute Gasteiger partial charge is 0.351 e. The van der Waals surface area contributed by atoms with E-state index in [1.807, 2.05) is 4.90 Å². The Labute approximate surface area is 184 Å². The summed E-state index contributed by atoms with van der Waals surface area (Å²) in [6, 6.07) is 10.5. The van der Waals surface area contributed by atoms with Gasteiger partial charge >= 0.3 is 0 Å². The number of fused-ring (bicyclic) bond motifs is 1. The quantitative estimate of drug-likeness (QED) is 0.599. The van der Waals surface area contributed by atoms with Gasteiger partial charge in [0, 0.05) is 32.7 Å². The number of carbonyl (C=O) groups excluding carboxylic acids is 1. The van der Waals surface area contributed by atoms with Crippen LogP contribution in [-0.2, 0) is 21.4 Å². The van der Waals surface area contributed by atoms with Crippen LogP contribution in [0.3, 0.4) is 0 Å². The second kappa shape index (κ2) is 8.95. The van der Waals surface area contributed by atoms with Crippen LogP contribution in [0.1, 0.15) is 12.5 Å². The van der Waals surface area contributed by atoms with Crippen LogP contribution in [0, 0.1) is 5.82 Å². The molecule has 0 radical (unpaired) electrons. The summed E-state index contributed by atoms with van der Waals surface area (Å²) in [5.74, 6) is -0.475. The number of carbonyl (C=O) groups is 1. The number of halogens is 1. The number of rotatable bonds is 6. The van der Waals surface area contributed by atoms with Crippen molar-refractivity contribution < 1.29 is 17.6 Å². The van der Waals surface area contributed by atoms with Crippen LogP contribution < -0.4 is 5.32 Å². The number of hydrogen-bond acceptors (Lipinski definition) is 7. The normalized spacial score (nSPS) is 17.0. The third-order valence-corrected chi connectivity index (χ3v) is 7.92. The van der Waals surface area contributed by atoms with Gasteiger partial charge in [-0.15, -0.1) is 0 Å². The number of amides is 1. The van der Waals surface area contributed by atoms with Crippen molar-refractivity contribution in [2.75, 3.05) is 26.2 Å². The topological polar surface area (TPSA) is 95.5 Å². The number of sulfonamides is 1. The summed E-state index contributed by atoms with van der Waals surface area (Å²) in [5, 5.41) is 2.85. The predicted octanol–water partition coefficient (Wildman–Crippen LogP) is 1.84. The van der Waals surface area contributed by atoms with E-state index in [1.165, 1.54) is 16.4 Å². The maximum absolute atomic E-state index is 13.1. The van der Waals surface area contributed by atoms with E-state index in [9.17, 15) is 17.6 Å². The van der Waals surface area contributed by atoms with Gasteiger partial charge in [0.05, 0.1) is 17.8 Å². The Morgan fingerprint density at radius 3 is 2.55 bits per heavy atom. The minimum Gasteiger partial charge on any atom is -0.351 e. The smallest absolute Gasteiger partial charge is 0.245 e. The monoisotopic (exact) mass is 463 g/mol. The molecule has 3 aromatic rings. The van der Waals surface area contributed by atoms with Gasteiger partial charge in [-0.3, -0.25) is 9.69 Å². The average molecular weight is 464 g/mol. The first-order chi connectivity index (χ1) is 14.9. The summed E-state index contributed by atoms with van der Waals surface area (Å²) in [6.45, 7) is 3.55. The molecule has 1 aliphatic heterocycles. The van der Waals surface area contributed by atoms with Crippen molar-refractivity contribution >= 4 is 38.7 Å². The number of aromatic nitrogens is 2. The van der Waals surface area contributed by atoms with Gasteiger partial charge in [-0.05, 0) is 36.8 Å². The summed E-state index contributed by atoms with van der Waals surface area (Å²) in [4.78, 5) is 14.6. The molecular weight excluding hydrogens is 441 g/mol. The van der Waals surface area contributed by atoms with Gasteiger partial charge in [0.1, 0.15) is 21.7 Å². The van der Waals surface area contributed by atoms with E-state index in [2.05, 4.69) is 14.1 Å². The van der Waals surface area contributed by atoms with Crippen molar-refractivity contribution in [1.82, 2.24) is 23.3 Å².